The van der Waals surface area contributed by atoms with E-state index in [4.69, 9.17) is 4.74 Å². The van der Waals surface area contributed by atoms with E-state index in [9.17, 15) is 4.79 Å². The summed E-state index contributed by atoms with van der Waals surface area (Å²) in [4.78, 5) is 19.5. The molecule has 4 rings (SSSR count). The van der Waals surface area contributed by atoms with E-state index in [1.54, 1.807) is 23.5 Å². The SMILES string of the molecule is Cc1nc(COc2ccc(C(=O)NCc3ccccc3CN3CCCC3)cc2)cs1. The van der Waals surface area contributed by atoms with Crippen molar-refractivity contribution in [3.05, 3.63) is 81.3 Å². The topological polar surface area (TPSA) is 54.5 Å². The van der Waals surface area contributed by atoms with Crippen LogP contribution in [0.3, 0.4) is 0 Å². The number of likely N-dealkylation sites (tertiary alicyclic amines) is 1. The Balaban J connectivity index is 1.31. The van der Waals surface area contributed by atoms with E-state index in [0.29, 0.717) is 18.7 Å². The lowest BCUT2D eigenvalue weighted by Crippen LogP contribution is -2.25. The Hall–Kier alpha value is -2.70. The van der Waals surface area contributed by atoms with Crippen molar-refractivity contribution < 1.29 is 9.53 Å². The summed E-state index contributed by atoms with van der Waals surface area (Å²) in [5, 5.41) is 6.08. The van der Waals surface area contributed by atoms with Crippen molar-refractivity contribution in [2.75, 3.05) is 13.1 Å². The molecule has 0 radical (unpaired) electrons. The van der Waals surface area contributed by atoms with Crippen LogP contribution in [0.4, 0.5) is 0 Å². The standard InChI is InChI=1S/C24H27N3O2S/c1-18-26-22(17-30-18)16-29-23-10-8-19(9-11-23)24(28)25-14-20-6-2-3-7-21(20)15-27-12-4-5-13-27/h2-3,6-11,17H,4-5,12-16H2,1H3,(H,25,28). The fourth-order valence-electron chi connectivity index (χ4n) is 3.68. The van der Waals surface area contributed by atoms with Gasteiger partial charge < -0.3 is 10.1 Å². The van der Waals surface area contributed by atoms with Crippen LogP contribution in [-0.4, -0.2) is 28.9 Å². The highest BCUT2D eigenvalue weighted by atomic mass is 32.1. The van der Waals surface area contributed by atoms with Crippen LogP contribution in [0, 0.1) is 6.92 Å². The molecule has 1 fully saturated rings. The fraction of sp³-hybridized carbons (Fsp3) is 0.333. The van der Waals surface area contributed by atoms with Crippen LogP contribution >= 0.6 is 11.3 Å². The molecule has 0 atom stereocenters. The molecule has 0 aliphatic carbocycles. The zero-order chi connectivity index (χ0) is 20.8. The number of aromatic nitrogens is 1. The van der Waals surface area contributed by atoms with Gasteiger partial charge in [0.25, 0.3) is 5.91 Å². The highest BCUT2D eigenvalue weighted by molar-refractivity contribution is 7.09. The Morgan fingerprint density at radius 1 is 1.10 bits per heavy atom. The maximum absolute atomic E-state index is 12.6. The number of nitrogens with one attached hydrogen (secondary N) is 1. The third-order valence-corrected chi connectivity index (χ3v) is 6.14. The molecular formula is C24H27N3O2S. The first kappa shape index (κ1) is 20.6. The molecule has 0 spiro atoms. The van der Waals surface area contributed by atoms with Crippen LogP contribution in [0.25, 0.3) is 0 Å². The van der Waals surface area contributed by atoms with Crippen LogP contribution in [-0.2, 0) is 19.7 Å². The Kier molecular flexibility index (Phi) is 6.77. The number of nitrogens with zero attached hydrogens (tertiary/aromatic N) is 2. The van der Waals surface area contributed by atoms with Crippen molar-refractivity contribution >= 4 is 17.2 Å². The van der Waals surface area contributed by atoms with Crippen LogP contribution in [0.1, 0.15) is 45.0 Å². The number of aryl methyl sites for hydroxylation is 1. The molecular weight excluding hydrogens is 394 g/mol. The summed E-state index contributed by atoms with van der Waals surface area (Å²) >= 11 is 1.61. The first-order valence-electron chi connectivity index (χ1n) is 10.4. The number of carbonyl (C=O) groups is 1. The van der Waals surface area contributed by atoms with Gasteiger partial charge in [0.2, 0.25) is 0 Å². The number of amides is 1. The minimum absolute atomic E-state index is 0.0762. The summed E-state index contributed by atoms with van der Waals surface area (Å²) in [5.74, 6) is 0.654. The van der Waals surface area contributed by atoms with Crippen LogP contribution in [0.2, 0.25) is 0 Å². The lowest BCUT2D eigenvalue weighted by Gasteiger charge is -2.17. The molecule has 30 heavy (non-hydrogen) atoms. The van der Waals surface area contributed by atoms with Crippen molar-refractivity contribution in [1.82, 2.24) is 15.2 Å². The van der Waals surface area contributed by atoms with Gasteiger partial charge in [-0.3, -0.25) is 9.69 Å². The molecule has 1 aromatic heterocycles. The van der Waals surface area contributed by atoms with Crippen molar-refractivity contribution in [1.29, 1.82) is 0 Å². The van der Waals surface area contributed by atoms with E-state index < -0.39 is 0 Å². The number of hydrogen-bond donors (Lipinski definition) is 1. The number of thiazole rings is 1. The van der Waals surface area contributed by atoms with Crippen molar-refractivity contribution in [3.63, 3.8) is 0 Å². The highest BCUT2D eigenvalue weighted by Crippen LogP contribution is 2.18. The molecule has 0 unspecified atom stereocenters. The summed E-state index contributed by atoms with van der Waals surface area (Å²) in [7, 11) is 0. The quantitative estimate of drug-likeness (QED) is 0.579. The normalized spacial score (nSPS) is 14.0. The van der Waals surface area contributed by atoms with Gasteiger partial charge in [0.05, 0.1) is 10.7 Å². The minimum atomic E-state index is -0.0762. The minimum Gasteiger partial charge on any atom is -0.487 e. The molecule has 1 aliphatic heterocycles. The number of carbonyl (C=O) groups excluding carboxylic acids is 1. The molecule has 3 aromatic rings. The maximum atomic E-state index is 12.6. The molecule has 0 saturated carbocycles. The Morgan fingerprint density at radius 2 is 1.83 bits per heavy atom. The zero-order valence-corrected chi connectivity index (χ0v) is 18.1. The van der Waals surface area contributed by atoms with Gasteiger partial charge in [-0.2, -0.15) is 0 Å². The second-order valence-corrected chi connectivity index (χ2v) is 8.67. The van der Waals surface area contributed by atoms with Crippen LogP contribution in [0.15, 0.2) is 53.9 Å². The van der Waals surface area contributed by atoms with Crippen molar-refractivity contribution in [2.24, 2.45) is 0 Å². The summed E-state index contributed by atoms with van der Waals surface area (Å²) in [6, 6.07) is 15.6. The van der Waals surface area contributed by atoms with Crippen molar-refractivity contribution in [3.8, 4) is 5.75 Å². The van der Waals surface area contributed by atoms with E-state index >= 15 is 0 Å². The number of rotatable bonds is 8. The molecule has 0 bridgehead atoms. The summed E-state index contributed by atoms with van der Waals surface area (Å²) in [5.41, 5.74) is 4.02. The Labute approximate surface area is 181 Å². The monoisotopic (exact) mass is 421 g/mol. The van der Waals surface area contributed by atoms with Gasteiger partial charge in [-0.05, 0) is 68.2 Å². The molecule has 1 aliphatic rings. The van der Waals surface area contributed by atoms with Crippen molar-refractivity contribution in [2.45, 2.75) is 39.5 Å². The number of hydrogen-bond acceptors (Lipinski definition) is 5. The largest absolute Gasteiger partial charge is 0.487 e. The van der Waals surface area contributed by atoms with E-state index in [2.05, 4.69) is 33.4 Å². The third kappa shape index (κ3) is 5.46. The fourth-order valence-corrected chi connectivity index (χ4v) is 4.28. The molecule has 2 heterocycles. The van der Waals surface area contributed by atoms with Gasteiger partial charge in [-0.15, -0.1) is 11.3 Å². The van der Waals surface area contributed by atoms with E-state index in [1.165, 1.54) is 24.0 Å². The third-order valence-electron chi connectivity index (χ3n) is 5.32. The lowest BCUT2D eigenvalue weighted by atomic mass is 10.1. The summed E-state index contributed by atoms with van der Waals surface area (Å²) in [6.45, 7) is 6.23. The Morgan fingerprint density at radius 3 is 2.53 bits per heavy atom. The van der Waals surface area contributed by atoms with Crippen LogP contribution < -0.4 is 10.1 Å². The second-order valence-electron chi connectivity index (χ2n) is 7.61. The summed E-state index contributed by atoms with van der Waals surface area (Å²) < 4.78 is 5.76. The predicted octanol–water partition coefficient (Wildman–Crippen LogP) is 4.56. The average molecular weight is 422 g/mol. The highest BCUT2D eigenvalue weighted by Gasteiger charge is 2.14. The first-order chi connectivity index (χ1) is 14.7. The van der Waals surface area contributed by atoms with Gasteiger partial charge in [0.1, 0.15) is 12.4 Å². The first-order valence-corrected chi connectivity index (χ1v) is 11.3. The van der Waals surface area contributed by atoms with Gasteiger partial charge in [-0.25, -0.2) is 4.98 Å². The molecule has 1 saturated heterocycles. The molecule has 156 valence electrons. The van der Waals surface area contributed by atoms with E-state index in [-0.39, 0.29) is 5.91 Å². The van der Waals surface area contributed by atoms with E-state index in [0.717, 1.165) is 36.1 Å². The smallest absolute Gasteiger partial charge is 0.251 e. The van der Waals surface area contributed by atoms with Crippen LogP contribution in [0.5, 0.6) is 5.75 Å². The van der Waals surface area contributed by atoms with Gasteiger partial charge in [0.15, 0.2) is 0 Å². The zero-order valence-electron chi connectivity index (χ0n) is 17.3. The predicted molar refractivity (Wildman–Crippen MR) is 120 cm³/mol. The lowest BCUT2D eigenvalue weighted by molar-refractivity contribution is 0.0950. The Bertz CT molecular complexity index is 978. The molecule has 6 heteroatoms. The number of benzene rings is 2. The molecule has 2 aromatic carbocycles. The summed E-state index contributed by atoms with van der Waals surface area (Å²) in [6.07, 6.45) is 2.56. The van der Waals surface area contributed by atoms with Gasteiger partial charge in [-0.1, -0.05) is 24.3 Å². The second kappa shape index (κ2) is 9.87. The molecule has 1 N–H and O–H groups in total. The van der Waals surface area contributed by atoms with Gasteiger partial charge >= 0.3 is 0 Å². The maximum Gasteiger partial charge on any atom is 0.251 e. The van der Waals surface area contributed by atoms with Gasteiger partial charge in [0, 0.05) is 24.0 Å². The average Bonchev–Trinajstić information content (AvgIpc) is 3.43. The molecule has 1 amide bonds. The number of ether oxygens (including phenoxy) is 1. The molecule has 5 nitrogen and oxygen atoms in total. The van der Waals surface area contributed by atoms with E-state index in [1.807, 2.05) is 30.5 Å².